The predicted molar refractivity (Wildman–Crippen MR) is 36.7 cm³/mol. The van der Waals surface area contributed by atoms with Gasteiger partial charge in [0.25, 0.3) is 0 Å². The Labute approximate surface area is 59.0 Å². The zero-order valence-electron chi connectivity index (χ0n) is 5.80. The van der Waals surface area contributed by atoms with E-state index in [1.807, 2.05) is 0 Å². The minimum atomic E-state index is -0.611. The van der Waals surface area contributed by atoms with Gasteiger partial charge in [-0.15, -0.1) is 4.91 Å². The van der Waals surface area contributed by atoms with Crippen molar-refractivity contribution in [2.45, 2.75) is 19.6 Å². The third kappa shape index (κ3) is 3680. The monoisotopic (exact) mass is 127 g/mol. The average molecular weight is 127 g/mol. The van der Waals surface area contributed by atoms with E-state index in [1.54, 1.807) is 0 Å². The zero-order chi connectivity index (χ0) is 7.21. The fraction of sp³-hybridized carbons (Fsp3) is 1.00. The van der Waals surface area contributed by atoms with Crippen molar-refractivity contribution in [2.75, 3.05) is 0 Å². The molecule has 0 aromatic carbocycles. The SMILES string of the molecule is O=NO.[Li][Si](C)(C)C. The topological polar surface area (TPSA) is 49.7 Å². The molecule has 8 heavy (non-hydrogen) atoms. The van der Waals surface area contributed by atoms with Crippen LogP contribution >= 0.6 is 0 Å². The molecule has 0 unspecified atom stereocenters. The second kappa shape index (κ2) is 5.35. The summed E-state index contributed by atoms with van der Waals surface area (Å²) in [5, 5.41) is 7.89. The van der Waals surface area contributed by atoms with Gasteiger partial charge in [0.1, 0.15) is 0 Å². The van der Waals surface area contributed by atoms with Crippen LogP contribution in [0.1, 0.15) is 0 Å². The summed E-state index contributed by atoms with van der Waals surface area (Å²) in [7, 11) is 0. The molecule has 0 saturated heterocycles. The third-order valence-corrected chi connectivity index (χ3v) is 0. The summed E-state index contributed by atoms with van der Waals surface area (Å²) in [6.45, 7) is 6.98. The fourth-order valence-electron chi connectivity index (χ4n) is 0. The number of rotatable bonds is 0. The minimum absolute atomic E-state index is 0.611. The molecule has 5 heteroatoms. The molecule has 0 amide bonds. The molecule has 0 rings (SSSR count). The van der Waals surface area contributed by atoms with Gasteiger partial charge in [-0.25, -0.2) is 0 Å². The number of hydrogen-bond acceptors (Lipinski definition) is 2. The van der Waals surface area contributed by atoms with Crippen LogP contribution in [-0.2, 0) is 0 Å². The Bertz CT molecular complexity index is 56.8. The standard InChI is InChI=1S/C3H9Si.Li.HNO2/c1-4(2)3;;2-1-3/h1-3H3;;(H,2,3). The molecule has 0 aromatic rings. The molecule has 0 heterocycles. The van der Waals surface area contributed by atoms with Gasteiger partial charge in [0.15, 0.2) is 5.34 Å². The van der Waals surface area contributed by atoms with E-state index in [0.717, 1.165) is 0 Å². The van der Waals surface area contributed by atoms with Crippen LogP contribution in [0.4, 0.5) is 0 Å². The summed E-state index contributed by atoms with van der Waals surface area (Å²) in [6.07, 6.45) is -0.611. The predicted octanol–water partition coefficient (Wildman–Crippen LogP) is 1.13. The molecule has 0 aromatic heterocycles. The molecule has 0 aliphatic heterocycles. The Morgan fingerprint density at radius 3 is 1.50 bits per heavy atom. The first-order valence-corrected chi connectivity index (χ1v) is 6.38. The summed E-state index contributed by atoms with van der Waals surface area (Å²) in [6, 6.07) is 0. The van der Waals surface area contributed by atoms with Crippen molar-refractivity contribution < 1.29 is 5.21 Å². The summed E-state index contributed by atoms with van der Waals surface area (Å²) >= 11 is 2.33. The quantitative estimate of drug-likeness (QED) is 0.301. The van der Waals surface area contributed by atoms with Crippen molar-refractivity contribution >= 4 is 23.4 Å². The molecule has 0 atom stereocenters. The van der Waals surface area contributed by atoms with Crippen LogP contribution in [0.3, 0.4) is 0 Å². The maximum absolute atomic E-state index is 8.11. The van der Waals surface area contributed by atoms with Crippen LogP contribution in [0.15, 0.2) is 5.34 Å². The number of nitrogens with zero attached hydrogens (tertiary/aromatic N) is 1. The van der Waals surface area contributed by atoms with Gasteiger partial charge in [-0.1, -0.05) is 0 Å². The molecule has 0 fully saturated rings. The van der Waals surface area contributed by atoms with Crippen molar-refractivity contribution in [3.8, 4) is 0 Å². The van der Waals surface area contributed by atoms with Gasteiger partial charge in [0, 0.05) is 0 Å². The summed E-state index contributed by atoms with van der Waals surface area (Å²) in [4.78, 5) is 8.11. The Morgan fingerprint density at radius 1 is 1.50 bits per heavy atom. The second-order valence-corrected chi connectivity index (χ2v) is 9.08. The summed E-state index contributed by atoms with van der Waals surface area (Å²) in [5.41, 5.74) is 0. The van der Waals surface area contributed by atoms with Gasteiger partial charge in [0.05, 0.1) is 0 Å². The van der Waals surface area contributed by atoms with Gasteiger partial charge in [-0.3, -0.25) is 0 Å². The van der Waals surface area contributed by atoms with Gasteiger partial charge in [-0.2, -0.15) is 0 Å². The van der Waals surface area contributed by atoms with E-state index in [4.69, 9.17) is 10.1 Å². The third-order valence-electron chi connectivity index (χ3n) is 0. The van der Waals surface area contributed by atoms with E-state index in [2.05, 4.69) is 36.7 Å². The molecule has 1 N–H and O–H groups in total. The van der Waals surface area contributed by atoms with Crippen molar-refractivity contribution in [3.05, 3.63) is 4.91 Å². The van der Waals surface area contributed by atoms with Crippen molar-refractivity contribution in [3.63, 3.8) is 0 Å². The Hall–Kier alpha value is 0.214. The average Bonchev–Trinajstić information content (AvgIpc) is 1.27. The van der Waals surface area contributed by atoms with Gasteiger partial charge in [-0.05, 0) is 0 Å². The molecule has 0 radical (unpaired) electrons. The summed E-state index contributed by atoms with van der Waals surface area (Å²) < 4.78 is 0. The van der Waals surface area contributed by atoms with Crippen LogP contribution in [0, 0.1) is 4.91 Å². The molecular weight excluding hydrogens is 117 g/mol. The van der Waals surface area contributed by atoms with E-state index in [1.165, 1.54) is 5.34 Å². The Balaban J connectivity index is 0. The van der Waals surface area contributed by atoms with Crippen LogP contribution < -0.4 is 0 Å². The fourth-order valence-corrected chi connectivity index (χ4v) is 0. The first-order valence-electron chi connectivity index (χ1n) is 2.38. The summed E-state index contributed by atoms with van der Waals surface area (Å²) in [5.74, 6) is 0. The Kier molecular flexibility index (Phi) is 7.41. The van der Waals surface area contributed by atoms with Crippen LogP contribution in [0.25, 0.3) is 0 Å². The molecule has 0 aliphatic carbocycles. The van der Waals surface area contributed by atoms with Gasteiger partial charge >= 0.3 is 43.1 Å². The van der Waals surface area contributed by atoms with E-state index in [-0.39, 0.29) is 0 Å². The second-order valence-electron chi connectivity index (χ2n) is 3.08. The number of hydrogen-bond donors (Lipinski definition) is 1. The molecular formula is C3H10LiNO2Si. The van der Waals surface area contributed by atoms with Crippen molar-refractivity contribution in [1.82, 2.24) is 0 Å². The molecule has 0 saturated carbocycles. The molecule has 0 aliphatic rings. The first-order chi connectivity index (χ1) is 3.41. The van der Waals surface area contributed by atoms with Crippen molar-refractivity contribution in [2.24, 2.45) is 5.34 Å². The maximum atomic E-state index is 8.11. The van der Waals surface area contributed by atoms with Crippen molar-refractivity contribution in [1.29, 1.82) is 0 Å². The van der Waals surface area contributed by atoms with E-state index in [9.17, 15) is 0 Å². The molecule has 0 bridgehead atoms. The normalized spacial score (nSPS) is 9.12. The molecule has 0 spiro atoms. The van der Waals surface area contributed by atoms with E-state index in [0.29, 0.717) is 0 Å². The van der Waals surface area contributed by atoms with E-state index < -0.39 is 6.40 Å². The van der Waals surface area contributed by atoms with Crippen LogP contribution in [0.2, 0.25) is 19.6 Å². The first kappa shape index (κ1) is 11.1. The van der Waals surface area contributed by atoms with Gasteiger partial charge in [0.2, 0.25) is 0 Å². The Morgan fingerprint density at radius 2 is 1.50 bits per heavy atom. The van der Waals surface area contributed by atoms with E-state index >= 15 is 0 Å². The molecule has 3 nitrogen and oxygen atoms in total. The molecule has 44 valence electrons. The van der Waals surface area contributed by atoms with Crippen LogP contribution in [0.5, 0.6) is 0 Å². The van der Waals surface area contributed by atoms with Crippen LogP contribution in [-0.4, -0.2) is 28.6 Å². The zero-order valence-corrected chi connectivity index (χ0v) is 6.80. The van der Waals surface area contributed by atoms with Gasteiger partial charge < -0.3 is 5.21 Å².